The van der Waals surface area contributed by atoms with Crippen molar-refractivity contribution in [2.45, 2.75) is 44.7 Å². The molecule has 94 valence electrons. The Morgan fingerprint density at radius 1 is 1.18 bits per heavy atom. The zero-order chi connectivity index (χ0) is 12.5. The van der Waals surface area contributed by atoms with Crippen LogP contribution in [-0.4, -0.2) is 0 Å². The van der Waals surface area contributed by atoms with Crippen molar-refractivity contribution in [3.05, 3.63) is 35.4 Å². The zero-order valence-electron chi connectivity index (χ0n) is 9.93. The summed E-state index contributed by atoms with van der Waals surface area (Å²) < 4.78 is 37.1. The van der Waals surface area contributed by atoms with Crippen molar-refractivity contribution in [1.29, 1.82) is 0 Å². The highest BCUT2D eigenvalue weighted by molar-refractivity contribution is 5.26. The van der Waals surface area contributed by atoms with Gasteiger partial charge < -0.3 is 0 Å². The highest BCUT2D eigenvalue weighted by Crippen LogP contribution is 2.37. The second-order valence-corrected chi connectivity index (χ2v) is 5.04. The first-order valence-corrected chi connectivity index (χ1v) is 6.14. The van der Waals surface area contributed by atoms with Gasteiger partial charge in [-0.2, -0.15) is 13.2 Å². The highest BCUT2D eigenvalue weighted by Gasteiger charge is 2.30. The lowest BCUT2D eigenvalue weighted by atomic mass is 9.94. The SMILES string of the molecule is CC(CCC1CC1)c1ccc(C(F)(F)F)cc1. The maximum Gasteiger partial charge on any atom is 0.416 e. The molecule has 1 aliphatic rings. The highest BCUT2D eigenvalue weighted by atomic mass is 19.4. The van der Waals surface area contributed by atoms with Crippen LogP contribution in [0.5, 0.6) is 0 Å². The summed E-state index contributed by atoms with van der Waals surface area (Å²) in [5.41, 5.74) is 0.453. The molecule has 0 amide bonds. The molecule has 1 aromatic carbocycles. The first-order valence-electron chi connectivity index (χ1n) is 6.14. The largest absolute Gasteiger partial charge is 0.416 e. The first-order chi connectivity index (χ1) is 7.97. The molecule has 0 aliphatic heterocycles. The smallest absolute Gasteiger partial charge is 0.166 e. The second-order valence-electron chi connectivity index (χ2n) is 5.04. The van der Waals surface area contributed by atoms with Crippen molar-refractivity contribution < 1.29 is 13.2 Å². The van der Waals surface area contributed by atoms with Crippen molar-refractivity contribution >= 4 is 0 Å². The van der Waals surface area contributed by atoms with Crippen LogP contribution in [0, 0.1) is 5.92 Å². The predicted octanol–water partition coefficient (Wildman–Crippen LogP) is 5.00. The third kappa shape index (κ3) is 3.48. The molecule has 1 saturated carbocycles. The van der Waals surface area contributed by atoms with Crippen molar-refractivity contribution in [3.8, 4) is 0 Å². The van der Waals surface area contributed by atoms with Gasteiger partial charge in [0.1, 0.15) is 0 Å². The maximum atomic E-state index is 12.4. The molecule has 0 radical (unpaired) electrons. The monoisotopic (exact) mass is 242 g/mol. The Morgan fingerprint density at radius 3 is 2.24 bits per heavy atom. The van der Waals surface area contributed by atoms with Crippen LogP contribution < -0.4 is 0 Å². The summed E-state index contributed by atoms with van der Waals surface area (Å²) in [4.78, 5) is 0. The van der Waals surface area contributed by atoms with Crippen molar-refractivity contribution in [3.63, 3.8) is 0 Å². The van der Waals surface area contributed by atoms with E-state index in [-0.39, 0.29) is 0 Å². The molecular weight excluding hydrogens is 225 g/mol. The maximum absolute atomic E-state index is 12.4. The first kappa shape index (κ1) is 12.5. The minimum Gasteiger partial charge on any atom is -0.166 e. The summed E-state index contributed by atoms with van der Waals surface area (Å²) in [5, 5.41) is 0. The predicted molar refractivity (Wildman–Crippen MR) is 61.8 cm³/mol. The van der Waals surface area contributed by atoms with E-state index in [1.165, 1.54) is 31.4 Å². The molecule has 3 heteroatoms. The quantitative estimate of drug-likeness (QED) is 0.697. The molecule has 1 aliphatic carbocycles. The summed E-state index contributed by atoms with van der Waals surface area (Å²) in [5.74, 6) is 1.24. The molecule has 0 spiro atoms. The Hall–Kier alpha value is -0.990. The minimum atomic E-state index is -4.23. The second kappa shape index (κ2) is 4.71. The van der Waals surface area contributed by atoms with E-state index >= 15 is 0 Å². The number of halogens is 3. The van der Waals surface area contributed by atoms with E-state index in [2.05, 4.69) is 6.92 Å². The van der Waals surface area contributed by atoms with Gasteiger partial charge in [0.25, 0.3) is 0 Å². The number of rotatable bonds is 4. The molecule has 0 aromatic heterocycles. The Bertz CT molecular complexity index is 360. The van der Waals surface area contributed by atoms with E-state index in [0.29, 0.717) is 5.92 Å². The van der Waals surface area contributed by atoms with Crippen molar-refractivity contribution in [1.82, 2.24) is 0 Å². The lowest BCUT2D eigenvalue weighted by molar-refractivity contribution is -0.137. The third-order valence-electron chi connectivity index (χ3n) is 3.51. The van der Waals surface area contributed by atoms with Gasteiger partial charge >= 0.3 is 6.18 Å². The molecule has 17 heavy (non-hydrogen) atoms. The van der Waals surface area contributed by atoms with E-state index < -0.39 is 11.7 Å². The van der Waals surface area contributed by atoms with Crippen LogP contribution in [0.15, 0.2) is 24.3 Å². The lowest BCUT2D eigenvalue weighted by Crippen LogP contribution is -2.05. The van der Waals surface area contributed by atoms with Gasteiger partial charge in [0.2, 0.25) is 0 Å². The fourth-order valence-electron chi connectivity index (χ4n) is 2.06. The average molecular weight is 242 g/mol. The van der Waals surface area contributed by atoms with E-state index in [9.17, 15) is 13.2 Å². The normalized spacial score (nSPS) is 18.1. The summed E-state index contributed by atoms with van der Waals surface area (Å²) in [7, 11) is 0. The molecule has 1 atom stereocenters. The Labute approximate surface area is 99.8 Å². The van der Waals surface area contributed by atoms with E-state index in [4.69, 9.17) is 0 Å². The Balaban J connectivity index is 1.96. The van der Waals surface area contributed by atoms with Crippen molar-refractivity contribution in [2.75, 3.05) is 0 Å². The molecule has 0 saturated heterocycles. The molecule has 1 unspecified atom stereocenters. The van der Waals surface area contributed by atoms with Crippen LogP contribution in [0.2, 0.25) is 0 Å². The Morgan fingerprint density at radius 2 is 1.76 bits per heavy atom. The molecule has 0 nitrogen and oxygen atoms in total. The van der Waals surface area contributed by atoms with Gasteiger partial charge in [-0.25, -0.2) is 0 Å². The van der Waals surface area contributed by atoms with Crippen LogP contribution in [0.25, 0.3) is 0 Å². The van der Waals surface area contributed by atoms with Gasteiger partial charge in [-0.3, -0.25) is 0 Å². The molecule has 2 rings (SSSR count). The van der Waals surface area contributed by atoms with E-state index in [0.717, 1.165) is 17.9 Å². The van der Waals surface area contributed by atoms with Crippen LogP contribution in [0.4, 0.5) is 13.2 Å². The number of benzene rings is 1. The number of alkyl halides is 3. The van der Waals surface area contributed by atoms with Gasteiger partial charge in [0.05, 0.1) is 5.56 Å². The summed E-state index contributed by atoms with van der Waals surface area (Å²) >= 11 is 0. The molecule has 1 aromatic rings. The number of hydrogen-bond donors (Lipinski definition) is 0. The summed E-state index contributed by atoms with van der Waals surface area (Å²) in [6.45, 7) is 2.09. The molecule has 0 heterocycles. The van der Waals surface area contributed by atoms with Crippen LogP contribution in [0.1, 0.15) is 49.7 Å². The molecular formula is C14H17F3. The van der Waals surface area contributed by atoms with Crippen LogP contribution >= 0.6 is 0 Å². The Kier molecular flexibility index (Phi) is 3.45. The van der Waals surface area contributed by atoms with Gasteiger partial charge in [0.15, 0.2) is 0 Å². The fourth-order valence-corrected chi connectivity index (χ4v) is 2.06. The van der Waals surface area contributed by atoms with E-state index in [1.54, 1.807) is 12.1 Å². The van der Waals surface area contributed by atoms with Gasteiger partial charge in [-0.05, 0) is 42.4 Å². The standard InChI is InChI=1S/C14H17F3/c1-10(2-3-11-4-5-11)12-6-8-13(9-7-12)14(15,16)17/h6-11H,2-5H2,1H3. The molecule has 0 N–H and O–H groups in total. The van der Waals surface area contributed by atoms with Gasteiger partial charge in [-0.1, -0.05) is 31.9 Å². The molecule has 1 fully saturated rings. The van der Waals surface area contributed by atoms with Crippen LogP contribution in [-0.2, 0) is 6.18 Å². The van der Waals surface area contributed by atoms with Crippen LogP contribution in [0.3, 0.4) is 0 Å². The summed E-state index contributed by atoms with van der Waals surface area (Å²) in [6.07, 6.45) is 0.730. The number of hydrogen-bond acceptors (Lipinski definition) is 0. The topological polar surface area (TPSA) is 0 Å². The minimum absolute atomic E-state index is 0.359. The van der Waals surface area contributed by atoms with Gasteiger partial charge in [-0.15, -0.1) is 0 Å². The van der Waals surface area contributed by atoms with Crippen molar-refractivity contribution in [2.24, 2.45) is 5.92 Å². The zero-order valence-corrected chi connectivity index (χ0v) is 9.93. The lowest BCUT2D eigenvalue weighted by Gasteiger charge is -2.13. The summed E-state index contributed by atoms with van der Waals surface area (Å²) in [6, 6.07) is 5.59. The third-order valence-corrected chi connectivity index (χ3v) is 3.51. The van der Waals surface area contributed by atoms with Gasteiger partial charge in [0, 0.05) is 0 Å². The molecule has 0 bridgehead atoms. The fraction of sp³-hybridized carbons (Fsp3) is 0.571. The van der Waals surface area contributed by atoms with E-state index in [1.807, 2.05) is 0 Å². The average Bonchev–Trinajstić information content (AvgIpc) is 3.09.